The summed E-state index contributed by atoms with van der Waals surface area (Å²) in [5, 5.41) is 15.2. The van der Waals surface area contributed by atoms with Crippen molar-refractivity contribution in [3.8, 4) is 0 Å². The SMILES string of the molecule is CC(=O)Nc1nc(CCc2ccc(CNC(=O)NNC(=O)O)c(F)c2F)cs1. The molecule has 2 aromatic rings. The number of carbonyl (C=O) groups is 3. The molecule has 0 saturated carbocycles. The number of anilines is 1. The summed E-state index contributed by atoms with van der Waals surface area (Å²) in [5.74, 6) is -2.37. The fraction of sp³-hybridized carbons (Fsp3) is 0.250. The van der Waals surface area contributed by atoms with Crippen LogP contribution in [0.1, 0.15) is 23.7 Å². The summed E-state index contributed by atoms with van der Waals surface area (Å²) in [6.45, 7) is 1.03. The number of nitrogens with zero attached hydrogens (tertiary/aromatic N) is 1. The van der Waals surface area contributed by atoms with Crippen molar-refractivity contribution in [2.75, 3.05) is 5.32 Å². The number of aryl methyl sites for hydroxylation is 2. The van der Waals surface area contributed by atoms with E-state index in [2.05, 4.69) is 15.6 Å². The monoisotopic (exact) mass is 413 g/mol. The highest BCUT2D eigenvalue weighted by atomic mass is 32.1. The summed E-state index contributed by atoms with van der Waals surface area (Å²) < 4.78 is 28.4. The number of nitrogens with one attached hydrogen (secondary N) is 4. The molecule has 28 heavy (non-hydrogen) atoms. The molecule has 0 unspecified atom stereocenters. The molecule has 4 amide bonds. The third kappa shape index (κ3) is 6.16. The summed E-state index contributed by atoms with van der Waals surface area (Å²) in [6.07, 6.45) is -0.920. The van der Waals surface area contributed by atoms with Crippen LogP contribution in [0.3, 0.4) is 0 Å². The zero-order chi connectivity index (χ0) is 20.7. The van der Waals surface area contributed by atoms with Crippen LogP contribution in [0.25, 0.3) is 0 Å². The van der Waals surface area contributed by atoms with Gasteiger partial charge in [-0.1, -0.05) is 12.1 Å². The van der Waals surface area contributed by atoms with E-state index >= 15 is 0 Å². The second-order valence-corrected chi connectivity index (χ2v) is 6.43. The molecular formula is C16H17F2N5O4S. The van der Waals surface area contributed by atoms with E-state index in [0.717, 1.165) is 0 Å². The van der Waals surface area contributed by atoms with Crippen molar-refractivity contribution < 1.29 is 28.3 Å². The molecule has 0 spiro atoms. The maximum absolute atomic E-state index is 14.3. The first-order valence-electron chi connectivity index (χ1n) is 7.96. The van der Waals surface area contributed by atoms with Gasteiger partial charge in [-0.25, -0.2) is 34.2 Å². The molecule has 0 aliphatic rings. The predicted molar refractivity (Wildman–Crippen MR) is 96.7 cm³/mol. The van der Waals surface area contributed by atoms with Crippen LogP contribution in [-0.2, 0) is 24.2 Å². The first-order valence-corrected chi connectivity index (χ1v) is 8.84. The predicted octanol–water partition coefficient (Wildman–Crippen LogP) is 2.15. The van der Waals surface area contributed by atoms with Gasteiger partial charge in [0.05, 0.1) is 5.69 Å². The lowest BCUT2D eigenvalue weighted by molar-refractivity contribution is -0.114. The summed E-state index contributed by atoms with van der Waals surface area (Å²) in [7, 11) is 0. The van der Waals surface area contributed by atoms with E-state index in [-0.39, 0.29) is 30.0 Å². The number of carboxylic acid groups (broad SMARTS) is 1. The van der Waals surface area contributed by atoms with Crippen LogP contribution in [0.4, 0.5) is 23.5 Å². The van der Waals surface area contributed by atoms with Gasteiger partial charge in [-0.15, -0.1) is 11.3 Å². The highest BCUT2D eigenvalue weighted by Crippen LogP contribution is 2.20. The lowest BCUT2D eigenvalue weighted by Crippen LogP contribution is -2.46. The standard InChI is InChI=1S/C16H17F2N5O4S/c1-8(24)20-15-21-11(7-28-15)5-4-9-2-3-10(13(18)12(9)17)6-19-14(25)22-23-16(26)27/h2-3,7,23H,4-6H2,1H3,(H,26,27)(H2,19,22,25)(H,20,21,24). The quantitative estimate of drug-likeness (QED) is 0.463. The Balaban J connectivity index is 1.93. The molecule has 150 valence electrons. The number of aromatic nitrogens is 1. The number of halogens is 2. The minimum absolute atomic E-state index is 0.0895. The Hall–Kier alpha value is -3.28. The summed E-state index contributed by atoms with van der Waals surface area (Å²) in [5.41, 5.74) is 4.12. The molecule has 2 rings (SSSR count). The Labute approximate surface area is 162 Å². The maximum Gasteiger partial charge on any atom is 0.423 e. The van der Waals surface area contributed by atoms with E-state index in [4.69, 9.17) is 5.11 Å². The normalized spacial score (nSPS) is 10.2. The number of hydrogen-bond donors (Lipinski definition) is 5. The van der Waals surface area contributed by atoms with Gasteiger partial charge in [0.25, 0.3) is 0 Å². The molecule has 0 aliphatic heterocycles. The molecule has 9 nitrogen and oxygen atoms in total. The first kappa shape index (κ1) is 21.0. The van der Waals surface area contributed by atoms with Crippen molar-refractivity contribution in [1.82, 2.24) is 21.2 Å². The molecule has 0 bridgehead atoms. The van der Waals surface area contributed by atoms with E-state index in [1.165, 1.54) is 30.4 Å². The third-order valence-corrected chi connectivity index (χ3v) is 4.26. The number of benzene rings is 1. The van der Waals surface area contributed by atoms with Crippen molar-refractivity contribution in [2.24, 2.45) is 0 Å². The molecule has 5 N–H and O–H groups in total. The molecule has 1 aromatic heterocycles. The van der Waals surface area contributed by atoms with Crippen LogP contribution < -0.4 is 21.5 Å². The Morgan fingerprint density at radius 1 is 1.11 bits per heavy atom. The van der Waals surface area contributed by atoms with Crippen LogP contribution in [0.2, 0.25) is 0 Å². The average molecular weight is 413 g/mol. The summed E-state index contributed by atoms with van der Waals surface area (Å²) in [4.78, 5) is 36.7. The van der Waals surface area contributed by atoms with E-state index in [9.17, 15) is 23.2 Å². The highest BCUT2D eigenvalue weighted by Gasteiger charge is 2.15. The Morgan fingerprint density at radius 2 is 1.79 bits per heavy atom. The number of rotatable bonds is 6. The lowest BCUT2D eigenvalue weighted by atomic mass is 10.0. The van der Waals surface area contributed by atoms with Crippen LogP contribution in [-0.4, -0.2) is 28.1 Å². The van der Waals surface area contributed by atoms with Crippen LogP contribution in [0.5, 0.6) is 0 Å². The van der Waals surface area contributed by atoms with Gasteiger partial charge in [0.1, 0.15) is 0 Å². The average Bonchev–Trinajstić information content (AvgIpc) is 3.07. The molecular weight excluding hydrogens is 396 g/mol. The Kier molecular flexibility index (Phi) is 7.21. The van der Waals surface area contributed by atoms with E-state index in [0.29, 0.717) is 17.2 Å². The second kappa shape index (κ2) is 9.60. The molecule has 0 fully saturated rings. The Morgan fingerprint density at radius 3 is 2.46 bits per heavy atom. The van der Waals surface area contributed by atoms with E-state index < -0.39 is 23.8 Å². The molecule has 0 saturated heterocycles. The van der Waals surface area contributed by atoms with Gasteiger partial charge < -0.3 is 15.7 Å². The molecule has 0 atom stereocenters. The fourth-order valence-electron chi connectivity index (χ4n) is 2.18. The third-order valence-electron chi connectivity index (χ3n) is 3.45. The van der Waals surface area contributed by atoms with Gasteiger partial charge in [-0.2, -0.15) is 0 Å². The van der Waals surface area contributed by atoms with Gasteiger partial charge >= 0.3 is 12.1 Å². The number of amides is 4. The topological polar surface area (TPSA) is 132 Å². The number of carbonyl (C=O) groups excluding carboxylic acids is 2. The fourth-order valence-corrected chi connectivity index (χ4v) is 2.97. The maximum atomic E-state index is 14.3. The van der Waals surface area contributed by atoms with Crippen LogP contribution >= 0.6 is 11.3 Å². The number of hydrazine groups is 1. The van der Waals surface area contributed by atoms with Gasteiger partial charge in [0, 0.05) is 24.4 Å². The smallest absolute Gasteiger partial charge is 0.423 e. The molecule has 1 heterocycles. The van der Waals surface area contributed by atoms with Gasteiger partial charge in [0.2, 0.25) is 5.91 Å². The van der Waals surface area contributed by atoms with E-state index in [1.54, 1.807) is 16.2 Å². The largest absolute Gasteiger partial charge is 0.464 e. The summed E-state index contributed by atoms with van der Waals surface area (Å²) >= 11 is 1.24. The lowest BCUT2D eigenvalue weighted by Gasteiger charge is -2.10. The van der Waals surface area contributed by atoms with Crippen molar-refractivity contribution in [2.45, 2.75) is 26.3 Å². The van der Waals surface area contributed by atoms with Gasteiger partial charge in [-0.05, 0) is 18.4 Å². The molecule has 12 heteroatoms. The number of urea groups is 1. The zero-order valence-corrected chi connectivity index (χ0v) is 15.5. The highest BCUT2D eigenvalue weighted by molar-refractivity contribution is 7.13. The van der Waals surface area contributed by atoms with Gasteiger partial charge in [-0.3, -0.25) is 4.79 Å². The second-order valence-electron chi connectivity index (χ2n) is 5.57. The van der Waals surface area contributed by atoms with Crippen LogP contribution in [0, 0.1) is 11.6 Å². The van der Waals surface area contributed by atoms with Crippen molar-refractivity contribution in [1.29, 1.82) is 0 Å². The van der Waals surface area contributed by atoms with Crippen LogP contribution in [0.15, 0.2) is 17.5 Å². The minimum atomic E-state index is -1.47. The molecule has 0 radical (unpaired) electrons. The zero-order valence-electron chi connectivity index (χ0n) is 14.6. The summed E-state index contributed by atoms with van der Waals surface area (Å²) in [6, 6.07) is 1.83. The number of hydrogen-bond acceptors (Lipinski definition) is 5. The molecule has 0 aliphatic carbocycles. The van der Waals surface area contributed by atoms with Crippen molar-refractivity contribution >= 4 is 34.5 Å². The van der Waals surface area contributed by atoms with Gasteiger partial charge in [0.15, 0.2) is 16.8 Å². The Bertz CT molecular complexity index is 890. The van der Waals surface area contributed by atoms with Crippen molar-refractivity contribution in [3.05, 3.63) is 46.0 Å². The number of thiazole rings is 1. The minimum Gasteiger partial charge on any atom is -0.464 e. The molecule has 1 aromatic carbocycles. The first-order chi connectivity index (χ1) is 13.3. The van der Waals surface area contributed by atoms with Crippen molar-refractivity contribution in [3.63, 3.8) is 0 Å². The van der Waals surface area contributed by atoms with E-state index in [1.807, 2.05) is 0 Å².